The van der Waals surface area contributed by atoms with Gasteiger partial charge in [-0.15, -0.1) is 0 Å². The highest BCUT2D eigenvalue weighted by Crippen LogP contribution is 2.64. The minimum Gasteiger partial charge on any atom is -0.411 e. The second-order valence-electron chi connectivity index (χ2n) is 9.00. The van der Waals surface area contributed by atoms with Gasteiger partial charge in [-0.25, -0.2) is 0 Å². The van der Waals surface area contributed by atoms with Gasteiger partial charge in [0.05, 0.1) is 5.71 Å². The minimum absolute atomic E-state index is 0.123. The van der Waals surface area contributed by atoms with Crippen molar-refractivity contribution in [3.8, 4) is 0 Å². The van der Waals surface area contributed by atoms with Crippen LogP contribution in [0, 0.1) is 34.5 Å². The lowest BCUT2D eigenvalue weighted by molar-refractivity contribution is -0.124. The van der Waals surface area contributed by atoms with Crippen molar-refractivity contribution in [3.63, 3.8) is 0 Å². The second-order valence-corrected chi connectivity index (χ2v) is 9.00. The van der Waals surface area contributed by atoms with Crippen molar-refractivity contribution in [1.82, 2.24) is 5.32 Å². The van der Waals surface area contributed by atoms with Crippen LogP contribution in [0.5, 0.6) is 0 Å². The predicted octanol–water partition coefficient (Wildman–Crippen LogP) is 3.59. The molecule has 0 bridgehead atoms. The molecule has 0 spiro atoms. The Morgan fingerprint density at radius 3 is 2.74 bits per heavy atom. The van der Waals surface area contributed by atoms with Crippen molar-refractivity contribution in [1.29, 1.82) is 0 Å². The first kappa shape index (κ1) is 15.5. The van der Waals surface area contributed by atoms with Crippen molar-refractivity contribution < 1.29 is 10.0 Å². The Morgan fingerprint density at radius 2 is 1.96 bits per heavy atom. The number of rotatable bonds is 0. The number of carbonyl (C=O) groups excluding carboxylic acids is 1. The van der Waals surface area contributed by atoms with Crippen LogP contribution in [-0.4, -0.2) is 23.4 Å². The van der Waals surface area contributed by atoms with E-state index in [2.05, 4.69) is 24.3 Å². The van der Waals surface area contributed by atoms with Gasteiger partial charge in [0.2, 0.25) is 5.91 Å². The molecule has 0 aromatic heterocycles. The summed E-state index contributed by atoms with van der Waals surface area (Å²) in [6.45, 7) is 5.65. The first-order valence-electron chi connectivity index (χ1n) is 9.47. The number of amides is 1. The van der Waals surface area contributed by atoms with E-state index in [0.717, 1.165) is 49.8 Å². The molecule has 0 radical (unpaired) electrons. The third-order valence-electron chi connectivity index (χ3n) is 8.34. The molecule has 4 nitrogen and oxygen atoms in total. The van der Waals surface area contributed by atoms with Gasteiger partial charge in [-0.2, -0.15) is 0 Å². The SMILES string of the molecule is C[C@]12CCNC(=O)C[C@@H]1CC[C@@H]1[C@@H]2CC[C@]2(C)/C(=N/O)CC[C@@H]12. The molecule has 4 aliphatic rings. The molecule has 4 fully saturated rings. The molecule has 0 aromatic carbocycles. The van der Waals surface area contributed by atoms with E-state index in [9.17, 15) is 10.0 Å². The summed E-state index contributed by atoms with van der Waals surface area (Å²) in [6, 6.07) is 0. The Kier molecular flexibility index (Phi) is 3.51. The average molecular weight is 318 g/mol. The van der Waals surface area contributed by atoms with Gasteiger partial charge in [0.15, 0.2) is 0 Å². The van der Waals surface area contributed by atoms with E-state index in [1.165, 1.54) is 25.7 Å². The van der Waals surface area contributed by atoms with Crippen LogP contribution < -0.4 is 5.32 Å². The van der Waals surface area contributed by atoms with Crippen LogP contribution >= 0.6 is 0 Å². The molecule has 1 saturated heterocycles. The Bertz CT molecular complexity index is 545. The largest absolute Gasteiger partial charge is 0.411 e. The van der Waals surface area contributed by atoms with E-state index in [4.69, 9.17) is 0 Å². The first-order valence-corrected chi connectivity index (χ1v) is 9.47. The van der Waals surface area contributed by atoms with Crippen molar-refractivity contribution in [2.24, 2.45) is 39.7 Å². The summed E-state index contributed by atoms with van der Waals surface area (Å²) in [7, 11) is 0. The monoisotopic (exact) mass is 318 g/mol. The standard InChI is InChI=1S/C19H30N2O2/c1-18-9-10-20-17(22)11-12(18)3-4-13-14-5-6-16(21-23)19(14,2)8-7-15(13)18/h12-15,23H,3-11H2,1-2H3,(H,20,22)/b21-16+/t12-,13-,14-,15-,18-,19-/m0/s1. The highest BCUT2D eigenvalue weighted by atomic mass is 16.4. The highest BCUT2D eigenvalue weighted by molar-refractivity contribution is 5.92. The first-order chi connectivity index (χ1) is 11.0. The predicted molar refractivity (Wildman–Crippen MR) is 89.3 cm³/mol. The molecule has 23 heavy (non-hydrogen) atoms. The molecule has 1 heterocycles. The molecule has 4 rings (SSSR count). The highest BCUT2D eigenvalue weighted by Gasteiger charge is 2.59. The van der Waals surface area contributed by atoms with Gasteiger partial charge in [-0.05, 0) is 74.0 Å². The molecular formula is C19H30N2O2. The molecule has 2 N–H and O–H groups in total. The van der Waals surface area contributed by atoms with Gasteiger partial charge in [0.1, 0.15) is 0 Å². The lowest BCUT2D eigenvalue weighted by Crippen LogP contribution is -2.52. The molecule has 1 aliphatic heterocycles. The Balaban J connectivity index is 1.65. The van der Waals surface area contributed by atoms with Crippen LogP contribution in [0.15, 0.2) is 5.16 Å². The van der Waals surface area contributed by atoms with Gasteiger partial charge >= 0.3 is 0 Å². The number of nitrogens with one attached hydrogen (secondary N) is 1. The van der Waals surface area contributed by atoms with E-state index < -0.39 is 0 Å². The Hall–Kier alpha value is -1.06. The Labute approximate surface area is 139 Å². The molecule has 6 atom stereocenters. The van der Waals surface area contributed by atoms with Crippen LogP contribution in [0.3, 0.4) is 0 Å². The van der Waals surface area contributed by atoms with Crippen molar-refractivity contribution in [2.75, 3.05) is 6.54 Å². The third kappa shape index (κ3) is 2.09. The summed E-state index contributed by atoms with van der Waals surface area (Å²) in [5.41, 5.74) is 1.48. The molecule has 1 amide bonds. The van der Waals surface area contributed by atoms with E-state index in [1.807, 2.05) is 0 Å². The zero-order valence-corrected chi connectivity index (χ0v) is 14.5. The number of carbonyl (C=O) groups is 1. The van der Waals surface area contributed by atoms with E-state index >= 15 is 0 Å². The molecule has 128 valence electrons. The summed E-state index contributed by atoms with van der Waals surface area (Å²) in [4.78, 5) is 12.0. The van der Waals surface area contributed by atoms with E-state index in [-0.39, 0.29) is 11.3 Å². The number of nitrogens with zero attached hydrogens (tertiary/aromatic N) is 1. The molecule has 0 aromatic rings. The zero-order valence-electron chi connectivity index (χ0n) is 14.5. The van der Waals surface area contributed by atoms with Gasteiger partial charge in [-0.3, -0.25) is 4.79 Å². The fraction of sp³-hybridized carbons (Fsp3) is 0.895. The van der Waals surface area contributed by atoms with E-state index in [1.54, 1.807) is 0 Å². The number of hydrogen-bond donors (Lipinski definition) is 2. The van der Waals surface area contributed by atoms with Gasteiger partial charge in [-0.1, -0.05) is 19.0 Å². The Morgan fingerprint density at radius 1 is 1.13 bits per heavy atom. The van der Waals surface area contributed by atoms with E-state index in [0.29, 0.717) is 17.3 Å². The van der Waals surface area contributed by atoms with Crippen LogP contribution in [0.4, 0.5) is 0 Å². The van der Waals surface area contributed by atoms with Crippen LogP contribution in [0.2, 0.25) is 0 Å². The summed E-state index contributed by atoms with van der Waals surface area (Å²) in [6.07, 6.45) is 8.87. The van der Waals surface area contributed by atoms with Gasteiger partial charge < -0.3 is 10.5 Å². The summed E-state index contributed by atoms with van der Waals surface area (Å²) in [5.74, 6) is 2.99. The summed E-state index contributed by atoms with van der Waals surface area (Å²) in [5, 5.41) is 16.2. The fourth-order valence-electron chi connectivity index (χ4n) is 6.98. The lowest BCUT2D eigenvalue weighted by Gasteiger charge is -2.57. The third-order valence-corrected chi connectivity index (χ3v) is 8.34. The zero-order chi connectivity index (χ0) is 16.2. The second kappa shape index (κ2) is 5.22. The molecular weight excluding hydrogens is 288 g/mol. The maximum Gasteiger partial charge on any atom is 0.220 e. The summed E-state index contributed by atoms with van der Waals surface area (Å²) < 4.78 is 0. The maximum atomic E-state index is 12.0. The van der Waals surface area contributed by atoms with Crippen LogP contribution in [-0.2, 0) is 4.79 Å². The minimum atomic E-state index is 0.123. The number of hydrogen-bond acceptors (Lipinski definition) is 3. The van der Waals surface area contributed by atoms with Crippen LogP contribution in [0.25, 0.3) is 0 Å². The molecule has 3 saturated carbocycles. The number of oxime groups is 1. The average Bonchev–Trinajstić information content (AvgIpc) is 2.78. The molecule has 4 heteroatoms. The fourth-order valence-corrected chi connectivity index (χ4v) is 6.98. The van der Waals surface area contributed by atoms with Crippen LogP contribution in [0.1, 0.15) is 65.2 Å². The lowest BCUT2D eigenvalue weighted by atomic mass is 9.47. The van der Waals surface area contributed by atoms with Gasteiger partial charge in [0, 0.05) is 18.4 Å². The van der Waals surface area contributed by atoms with Crippen molar-refractivity contribution in [2.45, 2.75) is 65.2 Å². The molecule has 0 unspecified atom stereocenters. The number of fused-ring (bicyclic) bond motifs is 5. The van der Waals surface area contributed by atoms with Crippen molar-refractivity contribution >= 4 is 11.6 Å². The topological polar surface area (TPSA) is 61.7 Å². The quantitative estimate of drug-likeness (QED) is 0.529. The van der Waals surface area contributed by atoms with Gasteiger partial charge in [0.25, 0.3) is 0 Å². The maximum absolute atomic E-state index is 12.0. The molecule has 3 aliphatic carbocycles. The normalized spacial score (nSPS) is 51.4. The van der Waals surface area contributed by atoms with Crippen molar-refractivity contribution in [3.05, 3.63) is 0 Å². The summed E-state index contributed by atoms with van der Waals surface area (Å²) >= 11 is 0. The smallest absolute Gasteiger partial charge is 0.220 e.